The standard InChI is InChI=1S/C9H13N5O3/c1-5-6(14(15)16)7(13(4)11-5)8-10-9(2,3)17-12-8/h1-4H3,(H,10,12). The molecule has 0 saturated carbocycles. The minimum atomic E-state index is -0.735. The van der Waals surface area contributed by atoms with Crippen LogP contribution in [0, 0.1) is 17.0 Å². The zero-order chi connectivity index (χ0) is 12.8. The maximum atomic E-state index is 11.0. The number of hydrogen-bond acceptors (Lipinski definition) is 6. The van der Waals surface area contributed by atoms with E-state index in [2.05, 4.69) is 15.6 Å². The predicted molar refractivity (Wildman–Crippen MR) is 59.4 cm³/mol. The van der Waals surface area contributed by atoms with Crippen LogP contribution in [0.2, 0.25) is 0 Å². The van der Waals surface area contributed by atoms with Crippen molar-refractivity contribution in [2.45, 2.75) is 26.5 Å². The molecule has 1 aliphatic rings. The van der Waals surface area contributed by atoms with E-state index in [1.165, 1.54) is 4.68 Å². The van der Waals surface area contributed by atoms with E-state index in [-0.39, 0.29) is 5.69 Å². The van der Waals surface area contributed by atoms with Crippen molar-refractivity contribution in [2.75, 3.05) is 0 Å². The van der Waals surface area contributed by atoms with E-state index in [0.29, 0.717) is 17.2 Å². The molecule has 0 aliphatic carbocycles. The lowest BCUT2D eigenvalue weighted by Crippen LogP contribution is -2.25. The summed E-state index contributed by atoms with van der Waals surface area (Å²) in [5, 5.41) is 15.0. The molecular formula is C9H13N5O3. The van der Waals surface area contributed by atoms with Gasteiger partial charge in [0.1, 0.15) is 5.69 Å². The van der Waals surface area contributed by atoms with Gasteiger partial charge in [0.05, 0.1) is 4.92 Å². The lowest BCUT2D eigenvalue weighted by molar-refractivity contribution is -0.385. The molecule has 2 heterocycles. The highest BCUT2D eigenvalue weighted by molar-refractivity contribution is 6.01. The number of amidine groups is 1. The first kappa shape index (κ1) is 11.5. The first-order chi connectivity index (χ1) is 7.82. The molecule has 8 heteroatoms. The smallest absolute Gasteiger partial charge is 0.258 e. The number of nitro groups is 1. The Morgan fingerprint density at radius 1 is 1.53 bits per heavy atom. The van der Waals surface area contributed by atoms with Crippen molar-refractivity contribution in [1.82, 2.24) is 15.3 Å². The Balaban J connectivity index is 2.57. The summed E-state index contributed by atoms with van der Waals surface area (Å²) in [6, 6.07) is 0. The van der Waals surface area contributed by atoms with Crippen LogP contribution in [-0.4, -0.2) is 26.3 Å². The summed E-state index contributed by atoms with van der Waals surface area (Å²) >= 11 is 0. The van der Waals surface area contributed by atoms with Gasteiger partial charge >= 0.3 is 5.69 Å². The number of aromatic nitrogens is 2. The van der Waals surface area contributed by atoms with Gasteiger partial charge in [-0.2, -0.15) is 5.10 Å². The van der Waals surface area contributed by atoms with E-state index in [9.17, 15) is 10.1 Å². The van der Waals surface area contributed by atoms with Crippen LogP contribution in [0.5, 0.6) is 0 Å². The van der Waals surface area contributed by atoms with Crippen molar-refractivity contribution < 1.29 is 9.76 Å². The van der Waals surface area contributed by atoms with Crippen LogP contribution in [0.4, 0.5) is 5.69 Å². The summed E-state index contributed by atoms with van der Waals surface area (Å²) < 4.78 is 1.42. The molecule has 1 aromatic heterocycles. The maximum Gasteiger partial charge on any atom is 0.321 e. The van der Waals surface area contributed by atoms with Crippen LogP contribution in [0.15, 0.2) is 4.99 Å². The van der Waals surface area contributed by atoms with Gasteiger partial charge in [0.25, 0.3) is 0 Å². The Kier molecular flexibility index (Phi) is 2.39. The maximum absolute atomic E-state index is 11.0. The molecule has 0 spiro atoms. The number of nitrogens with zero attached hydrogens (tertiary/aromatic N) is 4. The summed E-state index contributed by atoms with van der Waals surface area (Å²) in [6.45, 7) is 5.09. The van der Waals surface area contributed by atoms with Gasteiger partial charge in [-0.05, 0) is 20.8 Å². The van der Waals surface area contributed by atoms with Crippen LogP contribution in [0.3, 0.4) is 0 Å². The van der Waals surface area contributed by atoms with Gasteiger partial charge in [0, 0.05) is 7.05 Å². The van der Waals surface area contributed by atoms with Crippen molar-refractivity contribution >= 4 is 11.5 Å². The summed E-state index contributed by atoms with van der Waals surface area (Å²) in [5.41, 5.74) is 2.47. The quantitative estimate of drug-likeness (QED) is 0.604. The fourth-order valence-electron chi connectivity index (χ4n) is 1.72. The van der Waals surface area contributed by atoms with Gasteiger partial charge in [0.2, 0.25) is 0 Å². The zero-order valence-electron chi connectivity index (χ0n) is 10.0. The van der Waals surface area contributed by atoms with Crippen molar-refractivity contribution in [1.29, 1.82) is 0 Å². The van der Waals surface area contributed by atoms with Gasteiger partial charge in [-0.15, -0.1) is 0 Å². The predicted octanol–water partition coefficient (Wildman–Crippen LogP) is 0.654. The third-order valence-electron chi connectivity index (χ3n) is 2.38. The van der Waals surface area contributed by atoms with Gasteiger partial charge in [-0.1, -0.05) is 0 Å². The zero-order valence-corrected chi connectivity index (χ0v) is 10.0. The molecule has 2 rings (SSSR count). The van der Waals surface area contributed by atoms with E-state index in [1.54, 1.807) is 27.8 Å². The Bertz CT molecular complexity index is 517. The second kappa shape index (κ2) is 3.52. The fraction of sp³-hybridized carbons (Fsp3) is 0.556. The molecule has 1 N–H and O–H groups in total. The lowest BCUT2D eigenvalue weighted by atomic mass is 10.2. The number of hydrogen-bond donors (Lipinski definition) is 1. The fourth-order valence-corrected chi connectivity index (χ4v) is 1.72. The van der Waals surface area contributed by atoms with Crippen LogP contribution in [0.1, 0.15) is 25.2 Å². The SMILES string of the molecule is Cc1nn(C)c(C2=NC(C)(C)ON2)c1[N+](=O)[O-]. The molecule has 0 amide bonds. The number of aryl methyl sites for hydroxylation is 2. The summed E-state index contributed by atoms with van der Waals surface area (Å²) in [5.74, 6) is 0.324. The number of hydroxylamine groups is 1. The summed E-state index contributed by atoms with van der Waals surface area (Å²) in [7, 11) is 1.63. The molecule has 0 saturated heterocycles. The topological polar surface area (TPSA) is 94.6 Å². The highest BCUT2D eigenvalue weighted by atomic mass is 16.7. The molecule has 0 aromatic carbocycles. The van der Waals surface area contributed by atoms with Gasteiger partial charge in [0.15, 0.2) is 17.3 Å². The molecular weight excluding hydrogens is 226 g/mol. The van der Waals surface area contributed by atoms with E-state index in [1.807, 2.05) is 0 Å². The first-order valence-corrected chi connectivity index (χ1v) is 5.04. The van der Waals surface area contributed by atoms with Gasteiger partial charge in [-0.25, -0.2) is 15.3 Å². The van der Waals surface area contributed by atoms with Crippen molar-refractivity contribution in [2.24, 2.45) is 12.0 Å². The highest BCUT2D eigenvalue weighted by Crippen LogP contribution is 2.26. The van der Waals surface area contributed by atoms with E-state index in [4.69, 9.17) is 4.84 Å². The molecule has 17 heavy (non-hydrogen) atoms. The normalized spacial score (nSPS) is 17.8. The molecule has 0 fully saturated rings. The van der Waals surface area contributed by atoms with Gasteiger partial charge in [-0.3, -0.25) is 14.8 Å². The average Bonchev–Trinajstić information content (AvgIpc) is 2.66. The van der Waals surface area contributed by atoms with E-state index in [0.717, 1.165) is 0 Å². The summed E-state index contributed by atoms with van der Waals surface area (Å²) in [6.07, 6.45) is 0. The number of aliphatic imine (C=N–C) groups is 1. The Morgan fingerprint density at radius 2 is 2.18 bits per heavy atom. The molecule has 0 unspecified atom stereocenters. The van der Waals surface area contributed by atoms with Crippen LogP contribution >= 0.6 is 0 Å². The molecule has 0 bridgehead atoms. The van der Waals surface area contributed by atoms with Crippen molar-refractivity contribution in [3.63, 3.8) is 0 Å². The first-order valence-electron chi connectivity index (χ1n) is 5.04. The molecule has 1 aliphatic heterocycles. The third kappa shape index (κ3) is 1.86. The van der Waals surface area contributed by atoms with E-state index < -0.39 is 10.6 Å². The van der Waals surface area contributed by atoms with E-state index >= 15 is 0 Å². The molecule has 8 nitrogen and oxygen atoms in total. The molecule has 92 valence electrons. The minimum absolute atomic E-state index is 0.0555. The second-order valence-electron chi connectivity index (χ2n) is 4.27. The summed E-state index contributed by atoms with van der Waals surface area (Å²) in [4.78, 5) is 20.0. The van der Waals surface area contributed by atoms with Crippen molar-refractivity contribution in [3.05, 3.63) is 21.5 Å². The average molecular weight is 239 g/mol. The van der Waals surface area contributed by atoms with Crippen molar-refractivity contribution in [3.8, 4) is 0 Å². The second-order valence-corrected chi connectivity index (χ2v) is 4.27. The molecule has 1 aromatic rings. The Morgan fingerprint density at radius 3 is 2.65 bits per heavy atom. The third-order valence-corrected chi connectivity index (χ3v) is 2.38. The lowest BCUT2D eigenvalue weighted by Gasteiger charge is -2.09. The van der Waals surface area contributed by atoms with Gasteiger partial charge < -0.3 is 0 Å². The molecule has 0 radical (unpaired) electrons. The monoisotopic (exact) mass is 239 g/mol. The van der Waals surface area contributed by atoms with Crippen LogP contribution in [0.25, 0.3) is 0 Å². The minimum Gasteiger partial charge on any atom is -0.258 e. The number of rotatable bonds is 2. The number of nitrogens with one attached hydrogen (secondary N) is 1. The Hall–Kier alpha value is -1.96. The largest absolute Gasteiger partial charge is 0.321 e. The van der Waals surface area contributed by atoms with Crippen LogP contribution < -0.4 is 5.48 Å². The Labute approximate surface area is 97.4 Å². The van der Waals surface area contributed by atoms with Crippen LogP contribution in [-0.2, 0) is 11.9 Å². The molecule has 0 atom stereocenters. The highest BCUT2D eigenvalue weighted by Gasteiger charge is 2.34.